The number of aromatic amines is 1. The zero-order chi connectivity index (χ0) is 42.9. The maximum atomic E-state index is 13.5. The predicted octanol–water partition coefficient (Wildman–Crippen LogP) is -0.407. The highest BCUT2D eigenvalue weighted by molar-refractivity contribution is 5.97. The molecule has 7 atom stereocenters. The lowest BCUT2D eigenvalue weighted by Gasteiger charge is -2.27. The Morgan fingerprint density at radius 3 is 2.02 bits per heavy atom. The van der Waals surface area contributed by atoms with E-state index in [1.165, 1.54) is 6.92 Å². The number of aliphatic carboxylic acids is 2. The first-order valence-corrected chi connectivity index (χ1v) is 18.9. The molecule has 0 fully saturated rings. The molecule has 314 valence electrons. The quantitative estimate of drug-likeness (QED) is 0.0331. The normalized spacial score (nSPS) is 14.6. The Bertz CT molecular complexity index is 1920. The van der Waals surface area contributed by atoms with Gasteiger partial charge in [-0.2, -0.15) is 0 Å². The van der Waals surface area contributed by atoms with Gasteiger partial charge in [-0.1, -0.05) is 68.8 Å². The van der Waals surface area contributed by atoms with Crippen molar-refractivity contribution in [1.29, 1.82) is 5.41 Å². The van der Waals surface area contributed by atoms with Gasteiger partial charge in [-0.15, -0.1) is 0 Å². The molecule has 0 aliphatic heterocycles. The van der Waals surface area contributed by atoms with Gasteiger partial charge in [-0.3, -0.25) is 34.2 Å². The molecule has 1 heterocycles. The summed E-state index contributed by atoms with van der Waals surface area (Å²) in [5, 5.41) is 42.7. The second kappa shape index (κ2) is 22.3. The summed E-state index contributed by atoms with van der Waals surface area (Å²) in [7, 11) is 0. The number of carboxylic acid groups (broad SMARTS) is 2. The average Bonchev–Trinajstić information content (AvgIpc) is 3.59. The van der Waals surface area contributed by atoms with E-state index in [0.29, 0.717) is 12.0 Å². The number of carbonyl (C=O) groups is 7. The molecule has 14 N–H and O–H groups in total. The molecule has 1 aromatic heterocycles. The third-order valence-electron chi connectivity index (χ3n) is 9.52. The molecule has 3 rings (SSSR count). The fourth-order valence-electron chi connectivity index (χ4n) is 6.04. The topological polar surface area (TPSA) is 324 Å². The Labute approximate surface area is 335 Å². The first-order valence-electron chi connectivity index (χ1n) is 18.9. The number of hydrogen-bond donors (Lipinski definition) is 12. The third-order valence-corrected chi connectivity index (χ3v) is 9.52. The number of rotatable bonds is 23. The molecule has 19 heteroatoms. The number of H-pyrrole nitrogens is 1. The molecule has 0 saturated heterocycles. The van der Waals surface area contributed by atoms with Gasteiger partial charge in [0.05, 0.1) is 12.5 Å². The van der Waals surface area contributed by atoms with Crippen molar-refractivity contribution < 1.29 is 43.8 Å². The summed E-state index contributed by atoms with van der Waals surface area (Å²) in [4.78, 5) is 94.1. The highest BCUT2D eigenvalue weighted by atomic mass is 16.4. The van der Waals surface area contributed by atoms with E-state index in [-0.39, 0.29) is 38.2 Å². The average molecular weight is 807 g/mol. The van der Waals surface area contributed by atoms with Crippen LogP contribution in [0.25, 0.3) is 10.9 Å². The van der Waals surface area contributed by atoms with E-state index in [1.54, 1.807) is 56.4 Å². The molecule has 2 aromatic carbocycles. The van der Waals surface area contributed by atoms with E-state index in [0.717, 1.165) is 16.5 Å². The van der Waals surface area contributed by atoms with E-state index in [1.807, 2.05) is 18.2 Å². The van der Waals surface area contributed by atoms with Crippen molar-refractivity contribution in [3.63, 3.8) is 0 Å². The lowest BCUT2D eigenvalue weighted by molar-refractivity contribution is -0.142. The van der Waals surface area contributed by atoms with Crippen LogP contribution in [-0.2, 0) is 46.4 Å². The maximum absolute atomic E-state index is 13.5. The summed E-state index contributed by atoms with van der Waals surface area (Å²) in [6, 6.07) is 8.25. The minimum Gasteiger partial charge on any atom is -0.481 e. The highest BCUT2D eigenvalue weighted by Gasteiger charge is 2.34. The van der Waals surface area contributed by atoms with Gasteiger partial charge in [-0.05, 0) is 49.3 Å². The van der Waals surface area contributed by atoms with Crippen molar-refractivity contribution in [1.82, 2.24) is 36.9 Å². The lowest BCUT2D eigenvalue weighted by Crippen LogP contribution is -2.60. The summed E-state index contributed by atoms with van der Waals surface area (Å²) in [5.74, 6) is -7.77. The Balaban J connectivity index is 1.70. The Morgan fingerprint density at radius 2 is 1.38 bits per heavy atom. The number of hydrogen-bond acceptors (Lipinski definition) is 9. The number of nitrogens with two attached hydrogens (primary N) is 2. The van der Waals surface area contributed by atoms with Crippen molar-refractivity contribution >= 4 is 58.3 Å². The van der Waals surface area contributed by atoms with Crippen molar-refractivity contribution in [2.45, 2.75) is 95.5 Å². The number of benzene rings is 2. The van der Waals surface area contributed by atoms with Crippen LogP contribution >= 0.6 is 0 Å². The smallest absolute Gasteiger partial charge is 0.326 e. The Morgan fingerprint density at radius 1 is 0.759 bits per heavy atom. The van der Waals surface area contributed by atoms with Crippen molar-refractivity contribution in [2.75, 3.05) is 6.54 Å². The van der Waals surface area contributed by atoms with Crippen LogP contribution in [0.15, 0.2) is 60.8 Å². The van der Waals surface area contributed by atoms with Gasteiger partial charge in [0.15, 0.2) is 5.96 Å². The summed E-state index contributed by atoms with van der Waals surface area (Å²) in [5.41, 5.74) is 13.7. The number of nitrogens with one attached hydrogen (secondary N) is 8. The highest BCUT2D eigenvalue weighted by Crippen LogP contribution is 2.19. The molecule has 0 aliphatic rings. The van der Waals surface area contributed by atoms with Gasteiger partial charge in [0.25, 0.3) is 0 Å². The van der Waals surface area contributed by atoms with Gasteiger partial charge in [0.2, 0.25) is 29.5 Å². The van der Waals surface area contributed by atoms with Gasteiger partial charge < -0.3 is 58.6 Å². The molecular formula is C39H54N10O9. The van der Waals surface area contributed by atoms with E-state index < -0.39 is 90.1 Å². The van der Waals surface area contributed by atoms with Crippen LogP contribution in [-0.4, -0.2) is 105 Å². The summed E-state index contributed by atoms with van der Waals surface area (Å²) in [6.45, 7) is 4.90. The molecule has 0 unspecified atom stereocenters. The molecule has 0 aliphatic carbocycles. The van der Waals surface area contributed by atoms with Crippen molar-refractivity contribution in [3.05, 3.63) is 71.9 Å². The zero-order valence-corrected chi connectivity index (χ0v) is 32.7. The van der Waals surface area contributed by atoms with E-state index in [2.05, 4.69) is 36.9 Å². The SMILES string of the molecule is CC[C@H](C)[C@H](NC(=O)[C@H](C)NC(=O)[C@H](CC(=O)O)NC(=O)[C@H](CCCNC(=N)N)NC(=O)[C@H](N)Cc1ccccc1)C(=O)N[C@@H](Cc1c[nH]c2ccccc12)C(=O)O. The van der Waals surface area contributed by atoms with E-state index in [4.69, 9.17) is 16.9 Å². The number of para-hydroxylation sites is 1. The van der Waals surface area contributed by atoms with Crippen LogP contribution < -0.4 is 43.4 Å². The molecule has 58 heavy (non-hydrogen) atoms. The van der Waals surface area contributed by atoms with Crippen LogP contribution in [0.3, 0.4) is 0 Å². The fraction of sp³-hybridized carbons (Fsp3) is 0.436. The van der Waals surface area contributed by atoms with Gasteiger partial charge in [0, 0.05) is 30.1 Å². The number of carboxylic acids is 2. The molecular weight excluding hydrogens is 752 g/mol. The summed E-state index contributed by atoms with van der Waals surface area (Å²) < 4.78 is 0. The van der Waals surface area contributed by atoms with Crippen LogP contribution in [0.1, 0.15) is 57.6 Å². The Kier molecular flexibility index (Phi) is 17.6. The largest absolute Gasteiger partial charge is 0.481 e. The first-order chi connectivity index (χ1) is 27.5. The monoisotopic (exact) mass is 806 g/mol. The second-order valence-electron chi connectivity index (χ2n) is 14.1. The molecule has 3 aromatic rings. The molecule has 0 spiro atoms. The van der Waals surface area contributed by atoms with Gasteiger partial charge in [-0.25, -0.2) is 4.79 Å². The maximum Gasteiger partial charge on any atom is 0.326 e. The number of aromatic nitrogens is 1. The van der Waals surface area contributed by atoms with Crippen molar-refractivity contribution in [2.24, 2.45) is 17.4 Å². The molecule has 0 bridgehead atoms. The third kappa shape index (κ3) is 14.2. The molecule has 0 saturated carbocycles. The van der Waals surface area contributed by atoms with Crippen LogP contribution in [0.4, 0.5) is 0 Å². The van der Waals surface area contributed by atoms with Crippen LogP contribution in [0.2, 0.25) is 0 Å². The van der Waals surface area contributed by atoms with Crippen LogP contribution in [0, 0.1) is 11.3 Å². The number of amides is 5. The van der Waals surface area contributed by atoms with Crippen molar-refractivity contribution in [3.8, 4) is 0 Å². The fourth-order valence-corrected chi connectivity index (χ4v) is 6.04. The molecule has 0 radical (unpaired) electrons. The van der Waals surface area contributed by atoms with Gasteiger partial charge >= 0.3 is 11.9 Å². The Hall–Kier alpha value is -6.50. The standard InChI is InChI=1S/C39H54N10O9/c1-4-21(2)32(37(56)48-30(38(57)58)18-24-20-44-27-14-9-8-13-25(24)27)49-33(52)22(3)45-36(55)29(19-31(50)51)47-35(54)28(15-10-16-43-39(41)42)46-34(53)26(40)17-23-11-6-5-7-12-23/h5-9,11-14,20-22,26,28-30,32,44H,4,10,15-19,40H2,1-3H3,(H,45,55)(H,46,53)(H,47,54)(H,48,56)(H,49,52)(H,50,51)(H,57,58)(H4,41,42,43)/t21-,22-,26+,28-,29-,30-,32-/m0/s1. The minimum absolute atomic E-state index is 0.0142. The first kappa shape index (κ1) is 45.9. The van der Waals surface area contributed by atoms with E-state index >= 15 is 0 Å². The number of carbonyl (C=O) groups excluding carboxylic acids is 5. The molecule has 19 nitrogen and oxygen atoms in total. The van der Waals surface area contributed by atoms with E-state index in [9.17, 15) is 43.8 Å². The zero-order valence-electron chi connectivity index (χ0n) is 32.7. The number of fused-ring (bicyclic) bond motifs is 1. The van der Waals surface area contributed by atoms with Gasteiger partial charge in [0.1, 0.15) is 30.2 Å². The van der Waals surface area contributed by atoms with Crippen LogP contribution in [0.5, 0.6) is 0 Å². The second-order valence-corrected chi connectivity index (χ2v) is 14.1. The number of guanidine groups is 1. The predicted molar refractivity (Wildman–Crippen MR) is 214 cm³/mol. The molecule has 5 amide bonds. The lowest BCUT2D eigenvalue weighted by atomic mass is 9.97. The minimum atomic E-state index is -1.71. The summed E-state index contributed by atoms with van der Waals surface area (Å²) >= 11 is 0. The summed E-state index contributed by atoms with van der Waals surface area (Å²) in [6.07, 6.45) is 1.50.